The van der Waals surface area contributed by atoms with E-state index >= 15 is 0 Å². The molecule has 1 N–H and O–H groups in total. The van der Waals surface area contributed by atoms with Crippen molar-refractivity contribution >= 4 is 11.0 Å². The van der Waals surface area contributed by atoms with Crippen LogP contribution in [0.3, 0.4) is 0 Å². The number of para-hydroxylation sites is 1. The molecule has 6 aromatic carbocycles. The van der Waals surface area contributed by atoms with E-state index < -0.39 is 6.37 Å². The lowest BCUT2D eigenvalue weighted by atomic mass is 9.83. The first-order valence-corrected chi connectivity index (χ1v) is 24.4. The summed E-state index contributed by atoms with van der Waals surface area (Å²) in [5.74, 6) is 1.68. The molecule has 8 aromatic rings. The Bertz CT molecular complexity index is 3100. The summed E-state index contributed by atoms with van der Waals surface area (Å²) in [7, 11) is 0. The fraction of sp³-hybridized carbons (Fsp3) is 0.323. The number of imidazole rings is 1. The van der Waals surface area contributed by atoms with Gasteiger partial charge in [-0.25, -0.2) is 4.98 Å². The molecular formula is C62H65N3O. The van der Waals surface area contributed by atoms with Crippen LogP contribution in [-0.4, -0.2) is 19.6 Å². The second-order valence-corrected chi connectivity index (χ2v) is 21.2. The molecular weight excluding hydrogens is 803 g/mol. The van der Waals surface area contributed by atoms with Gasteiger partial charge in [-0.1, -0.05) is 178 Å². The third-order valence-corrected chi connectivity index (χ3v) is 14.3. The normalized spacial score (nSPS) is 15.7. The first-order valence-electron chi connectivity index (χ1n) is 25.4. The van der Waals surface area contributed by atoms with Gasteiger partial charge in [0.05, 0.1) is 28.0 Å². The molecule has 2 aromatic heterocycles. The molecule has 10 rings (SSSR count). The van der Waals surface area contributed by atoms with Crippen molar-refractivity contribution in [2.24, 2.45) is 11.8 Å². The molecule has 334 valence electrons. The van der Waals surface area contributed by atoms with Gasteiger partial charge in [0, 0.05) is 25.6 Å². The van der Waals surface area contributed by atoms with Gasteiger partial charge in [-0.2, -0.15) is 0 Å². The van der Waals surface area contributed by atoms with Gasteiger partial charge in [0.1, 0.15) is 11.6 Å². The largest absolute Gasteiger partial charge is 0.507 e. The molecule has 0 radical (unpaired) electrons. The molecule has 0 atom stereocenters. The maximum atomic E-state index is 11.8. The van der Waals surface area contributed by atoms with E-state index in [1.54, 1.807) is 0 Å². The first kappa shape index (κ1) is 41.2. The van der Waals surface area contributed by atoms with Crippen molar-refractivity contribution in [3.8, 4) is 67.5 Å². The van der Waals surface area contributed by atoms with Gasteiger partial charge in [-0.05, 0) is 135 Å². The van der Waals surface area contributed by atoms with Gasteiger partial charge >= 0.3 is 0 Å². The van der Waals surface area contributed by atoms with Crippen molar-refractivity contribution in [1.29, 1.82) is 0 Å². The van der Waals surface area contributed by atoms with Crippen LogP contribution in [0.1, 0.15) is 118 Å². The molecule has 2 aliphatic carbocycles. The summed E-state index contributed by atoms with van der Waals surface area (Å²) in [5, 5.41) is 11.8. The highest BCUT2D eigenvalue weighted by molar-refractivity contribution is 5.97. The fourth-order valence-electron chi connectivity index (χ4n) is 10.4. The maximum absolute atomic E-state index is 11.8. The zero-order chi connectivity index (χ0) is 47.4. The van der Waals surface area contributed by atoms with Crippen molar-refractivity contribution < 1.29 is 7.85 Å². The van der Waals surface area contributed by atoms with Gasteiger partial charge in [0.2, 0.25) is 0 Å². The quantitative estimate of drug-likeness (QED) is 0.149. The van der Waals surface area contributed by atoms with Gasteiger partial charge < -0.3 is 5.11 Å². The Morgan fingerprint density at radius 1 is 0.561 bits per heavy atom. The monoisotopic (exact) mass is 870 g/mol. The number of pyridine rings is 1. The van der Waals surface area contributed by atoms with Crippen molar-refractivity contribution in [1.82, 2.24) is 14.5 Å². The number of hydrogen-bond donors (Lipinski definition) is 1. The highest BCUT2D eigenvalue weighted by Crippen LogP contribution is 2.43. The Morgan fingerprint density at radius 2 is 1.26 bits per heavy atom. The minimum atomic E-state index is -1.33. The maximum Gasteiger partial charge on any atom is 0.149 e. The second kappa shape index (κ2) is 17.9. The Morgan fingerprint density at radius 3 is 1.98 bits per heavy atom. The Balaban J connectivity index is 1.14. The van der Waals surface area contributed by atoms with E-state index in [0.29, 0.717) is 17.3 Å². The summed E-state index contributed by atoms with van der Waals surface area (Å²) in [5.41, 5.74) is 15.9. The number of phenolic OH excluding ortho intramolecular Hbond substituents is 1. The molecule has 2 heterocycles. The van der Waals surface area contributed by atoms with Crippen LogP contribution in [0.15, 0.2) is 146 Å². The van der Waals surface area contributed by atoms with Crippen LogP contribution < -0.4 is 0 Å². The minimum absolute atomic E-state index is 0.0764. The molecule has 0 unspecified atom stereocenters. The van der Waals surface area contributed by atoms with Crippen molar-refractivity contribution in [2.75, 3.05) is 0 Å². The summed E-state index contributed by atoms with van der Waals surface area (Å²) in [6.07, 6.45) is 11.0. The average molecular weight is 870 g/mol. The number of rotatable bonds is 10. The predicted molar refractivity (Wildman–Crippen MR) is 276 cm³/mol. The third kappa shape index (κ3) is 9.00. The summed E-state index contributed by atoms with van der Waals surface area (Å²) in [4.78, 5) is 10.6. The molecule has 2 fully saturated rings. The van der Waals surface area contributed by atoms with Gasteiger partial charge in [-0.15, -0.1) is 0 Å². The van der Waals surface area contributed by atoms with E-state index in [9.17, 15) is 5.11 Å². The predicted octanol–water partition coefficient (Wildman–Crippen LogP) is 16.5. The van der Waals surface area contributed by atoms with E-state index in [1.165, 1.54) is 36.8 Å². The van der Waals surface area contributed by atoms with Crippen molar-refractivity contribution in [3.05, 3.63) is 168 Å². The minimum Gasteiger partial charge on any atom is -0.507 e. The lowest BCUT2D eigenvalue weighted by Gasteiger charge is -2.22. The van der Waals surface area contributed by atoms with Crippen LogP contribution in [0.25, 0.3) is 72.7 Å². The van der Waals surface area contributed by atoms with Crippen LogP contribution >= 0.6 is 0 Å². The molecule has 0 aliphatic heterocycles. The molecule has 4 heteroatoms. The molecule has 66 heavy (non-hydrogen) atoms. The van der Waals surface area contributed by atoms with Crippen LogP contribution in [0, 0.1) is 11.8 Å². The lowest BCUT2D eigenvalue weighted by Crippen LogP contribution is -2.11. The highest BCUT2D eigenvalue weighted by Gasteiger charge is 2.26. The SMILES string of the molecule is [2H]C([2H])(c1ccc(-c2ccnc(-c3cc(-c4cccc5c4nc(-c4cc(C(C)(C)C)ccc4O)n5-c4ccc(CC5CCCC5)cc4-c4ccccc4)cc(C(C)(C)C)c3)c2)cc1)C1CCCC1. The summed E-state index contributed by atoms with van der Waals surface area (Å²) in [6, 6.07) is 49.3. The molecule has 0 saturated heterocycles. The number of benzene rings is 6. The highest BCUT2D eigenvalue weighted by atomic mass is 16.3. The van der Waals surface area contributed by atoms with Gasteiger partial charge in [0.25, 0.3) is 0 Å². The third-order valence-electron chi connectivity index (χ3n) is 14.3. The van der Waals surface area contributed by atoms with Crippen molar-refractivity contribution in [2.45, 2.75) is 117 Å². The molecule has 4 nitrogen and oxygen atoms in total. The topological polar surface area (TPSA) is 50.9 Å². The van der Waals surface area contributed by atoms with E-state index in [2.05, 4.69) is 155 Å². The number of hydrogen-bond acceptors (Lipinski definition) is 3. The Labute approximate surface area is 395 Å². The average Bonchev–Trinajstić information content (AvgIpc) is 4.15. The van der Waals surface area contributed by atoms with Crippen LogP contribution in [0.4, 0.5) is 0 Å². The molecule has 2 aliphatic rings. The standard InChI is InChI=1S/C62H65N3O/c1-61(2,3)50-28-30-58(66)54(40-50)60-64-59-52(21-14-22-57(59)65(60)56-29-25-44(34-42-17-12-13-18-42)35-53(56)46-19-8-7-9-20-46)48-36-49(38-51(37-48)62(4,5)6)55-39-47(31-32-63-55)45-26-23-43(24-27-45)33-41-15-10-11-16-41/h7-9,14,19-32,35-42,66H,10-13,15-18,33-34H2,1-6H3/i33D2. The summed E-state index contributed by atoms with van der Waals surface area (Å²) >= 11 is 0. The van der Waals surface area contributed by atoms with E-state index in [1.807, 2.05) is 36.5 Å². The van der Waals surface area contributed by atoms with E-state index in [4.69, 9.17) is 12.7 Å². The fourth-order valence-corrected chi connectivity index (χ4v) is 10.4. The number of nitrogens with zero attached hydrogens (tertiary/aromatic N) is 3. The Hall–Kier alpha value is -6.26. The number of phenols is 1. The zero-order valence-electron chi connectivity index (χ0n) is 41.7. The Kier molecular flexibility index (Phi) is 11.1. The van der Waals surface area contributed by atoms with Crippen molar-refractivity contribution in [3.63, 3.8) is 0 Å². The number of aromatic hydroxyl groups is 1. The molecule has 2 saturated carbocycles. The second-order valence-electron chi connectivity index (χ2n) is 21.2. The lowest BCUT2D eigenvalue weighted by molar-refractivity contribution is 0.475. The van der Waals surface area contributed by atoms with Gasteiger partial charge in [-0.3, -0.25) is 9.55 Å². The van der Waals surface area contributed by atoms with Crippen LogP contribution in [-0.2, 0) is 23.6 Å². The molecule has 0 bridgehead atoms. The molecule has 0 spiro atoms. The zero-order valence-corrected chi connectivity index (χ0v) is 39.7. The van der Waals surface area contributed by atoms with Gasteiger partial charge in [0.15, 0.2) is 0 Å². The smallest absolute Gasteiger partial charge is 0.149 e. The summed E-state index contributed by atoms with van der Waals surface area (Å²) < 4.78 is 20.2. The number of aromatic nitrogens is 3. The first-order chi connectivity index (χ1) is 32.6. The van der Waals surface area contributed by atoms with E-state index in [0.717, 1.165) is 105 Å². The van der Waals surface area contributed by atoms with Crippen LogP contribution in [0.2, 0.25) is 0 Å². The van der Waals surface area contributed by atoms with E-state index in [-0.39, 0.29) is 22.5 Å². The van der Waals surface area contributed by atoms with Crippen LogP contribution in [0.5, 0.6) is 5.75 Å². The number of fused-ring (bicyclic) bond motifs is 1. The summed E-state index contributed by atoms with van der Waals surface area (Å²) in [6.45, 7) is 13.4. The molecule has 0 amide bonds.